The van der Waals surface area contributed by atoms with E-state index in [-0.39, 0.29) is 23.8 Å². The molecule has 0 aliphatic rings. The zero-order valence-corrected chi connectivity index (χ0v) is 19.7. The van der Waals surface area contributed by atoms with Gasteiger partial charge in [0.2, 0.25) is 5.62 Å². The fourth-order valence-electron chi connectivity index (χ4n) is 3.46. The molecule has 1 aromatic heterocycles. The average molecular weight is 511 g/mol. The predicted molar refractivity (Wildman–Crippen MR) is 118 cm³/mol. The van der Waals surface area contributed by atoms with Crippen molar-refractivity contribution in [3.63, 3.8) is 0 Å². The van der Waals surface area contributed by atoms with Crippen LogP contribution in [0.15, 0.2) is 47.7 Å². The molecule has 3 rings (SSSR count). The molecule has 0 saturated heterocycles. The van der Waals surface area contributed by atoms with Crippen LogP contribution in [0.2, 0.25) is 0 Å². The third-order valence-corrected chi connectivity index (χ3v) is 4.92. The van der Waals surface area contributed by atoms with Crippen LogP contribution in [0, 0.1) is 11.6 Å². The van der Waals surface area contributed by atoms with E-state index in [2.05, 4.69) is 4.99 Å². The maximum atomic E-state index is 15.1. The fraction of sp³-hybridized carbons (Fsp3) is 0.292. The highest BCUT2D eigenvalue weighted by Crippen LogP contribution is 2.39. The number of hydrogen-bond donors (Lipinski definition) is 1. The molecule has 192 valence electrons. The molecular formula is C24H22F5N3O4. The van der Waals surface area contributed by atoms with Crippen LogP contribution in [-0.2, 0) is 24.5 Å². The monoisotopic (exact) mass is 511 g/mol. The number of ether oxygens (including phenoxy) is 1. The highest BCUT2D eigenvalue weighted by molar-refractivity contribution is 5.90. The normalized spacial score (nSPS) is 12.6. The number of hydrogen-bond acceptors (Lipinski definition) is 3. The Morgan fingerprint density at radius 3 is 2.28 bits per heavy atom. The number of carboxylic acid groups (broad SMARTS) is 1. The molecule has 1 amide bonds. The Morgan fingerprint density at radius 1 is 1.03 bits per heavy atom. The third kappa shape index (κ3) is 5.99. The predicted octanol–water partition coefficient (Wildman–Crippen LogP) is 5.37. The largest absolute Gasteiger partial charge is 0.478 e. The SMILES string of the molecule is Cn1ccn(Cc2cc(C(=O)O)c(F)c(-c3ccc(F)cc3C(F)(F)F)c2)/c1=N\C(=O)OC(C)(C)C. The highest BCUT2D eigenvalue weighted by Gasteiger charge is 2.35. The Hall–Kier alpha value is -3.96. The standard InChI is InChI=1S/C24H22F5N3O4/c1-23(2,3)36-22(35)30-21-31(4)7-8-32(21)12-13-9-16(19(26)17(10-13)20(33)34)15-6-5-14(25)11-18(15)24(27,28)29/h5-11H,12H2,1-4H3,(H,33,34)/b30-21-. The van der Waals surface area contributed by atoms with E-state index in [4.69, 9.17) is 4.74 Å². The van der Waals surface area contributed by atoms with Gasteiger partial charge in [-0.2, -0.15) is 13.2 Å². The van der Waals surface area contributed by atoms with Crippen molar-refractivity contribution < 1.29 is 41.4 Å². The molecule has 0 spiro atoms. The van der Waals surface area contributed by atoms with Crippen LogP contribution in [0.1, 0.15) is 42.3 Å². The maximum Gasteiger partial charge on any atom is 0.437 e. The highest BCUT2D eigenvalue weighted by atomic mass is 19.4. The summed E-state index contributed by atoms with van der Waals surface area (Å²) in [6.07, 6.45) is -2.90. The molecule has 0 unspecified atom stereocenters. The number of imidazole rings is 1. The Morgan fingerprint density at radius 2 is 1.69 bits per heavy atom. The topological polar surface area (TPSA) is 85.8 Å². The second-order valence-corrected chi connectivity index (χ2v) is 8.93. The molecule has 1 N–H and O–H groups in total. The van der Waals surface area contributed by atoms with Crippen LogP contribution in [0.5, 0.6) is 0 Å². The van der Waals surface area contributed by atoms with Crippen molar-refractivity contribution in [1.82, 2.24) is 9.13 Å². The van der Waals surface area contributed by atoms with E-state index >= 15 is 4.39 Å². The van der Waals surface area contributed by atoms with Crippen LogP contribution in [0.4, 0.5) is 26.7 Å². The van der Waals surface area contributed by atoms with Gasteiger partial charge in [-0.1, -0.05) is 6.07 Å². The summed E-state index contributed by atoms with van der Waals surface area (Å²) in [5, 5.41) is 9.47. The lowest BCUT2D eigenvalue weighted by Gasteiger charge is -2.17. The lowest BCUT2D eigenvalue weighted by atomic mass is 9.94. The van der Waals surface area contributed by atoms with Crippen molar-refractivity contribution in [1.29, 1.82) is 0 Å². The van der Waals surface area contributed by atoms with Crippen LogP contribution < -0.4 is 5.62 Å². The van der Waals surface area contributed by atoms with Gasteiger partial charge in [-0.25, -0.2) is 18.4 Å². The third-order valence-electron chi connectivity index (χ3n) is 4.92. The molecule has 0 fully saturated rings. The summed E-state index contributed by atoms with van der Waals surface area (Å²) < 4.78 is 77.4. The van der Waals surface area contributed by atoms with E-state index in [1.165, 1.54) is 21.5 Å². The minimum absolute atomic E-state index is 0.0877. The number of alkyl halides is 3. The number of nitrogens with zero attached hydrogens (tertiary/aromatic N) is 3. The first-order valence-corrected chi connectivity index (χ1v) is 10.5. The number of amides is 1. The lowest BCUT2D eigenvalue weighted by molar-refractivity contribution is -0.137. The lowest BCUT2D eigenvalue weighted by Crippen LogP contribution is -2.29. The van der Waals surface area contributed by atoms with Crippen LogP contribution in [0.3, 0.4) is 0 Å². The zero-order valence-electron chi connectivity index (χ0n) is 19.7. The molecule has 0 radical (unpaired) electrons. The van der Waals surface area contributed by atoms with Crippen LogP contribution >= 0.6 is 0 Å². The minimum Gasteiger partial charge on any atom is -0.478 e. The molecule has 0 saturated carbocycles. The first-order valence-electron chi connectivity index (χ1n) is 10.5. The van der Waals surface area contributed by atoms with Crippen molar-refractivity contribution in [3.8, 4) is 11.1 Å². The summed E-state index contributed by atoms with van der Waals surface area (Å²) in [5.41, 5.74) is -4.35. The van der Waals surface area contributed by atoms with Crippen molar-refractivity contribution in [2.45, 2.75) is 39.1 Å². The molecule has 3 aromatic rings. The van der Waals surface area contributed by atoms with Gasteiger partial charge in [-0.3, -0.25) is 0 Å². The van der Waals surface area contributed by atoms with Gasteiger partial charge in [0, 0.05) is 25.0 Å². The van der Waals surface area contributed by atoms with E-state index in [0.717, 1.165) is 24.3 Å². The summed E-state index contributed by atoms with van der Waals surface area (Å²) >= 11 is 0. The van der Waals surface area contributed by atoms with Crippen molar-refractivity contribution in [3.05, 3.63) is 76.7 Å². The smallest absolute Gasteiger partial charge is 0.437 e. The van der Waals surface area contributed by atoms with Gasteiger partial charge in [0.05, 0.1) is 17.7 Å². The van der Waals surface area contributed by atoms with Gasteiger partial charge in [0.25, 0.3) is 0 Å². The molecule has 0 aliphatic heterocycles. The minimum atomic E-state index is -5.03. The molecule has 7 nitrogen and oxygen atoms in total. The first-order chi connectivity index (χ1) is 16.6. The molecule has 0 bridgehead atoms. The summed E-state index contributed by atoms with van der Waals surface area (Å²) in [7, 11) is 1.58. The molecule has 36 heavy (non-hydrogen) atoms. The van der Waals surface area contributed by atoms with Gasteiger partial charge < -0.3 is 19.0 Å². The average Bonchev–Trinajstić information content (AvgIpc) is 3.06. The first kappa shape index (κ1) is 26.6. The number of aromatic nitrogens is 2. The van der Waals surface area contributed by atoms with Gasteiger partial charge in [0.1, 0.15) is 17.2 Å². The van der Waals surface area contributed by atoms with Crippen molar-refractivity contribution >= 4 is 12.1 Å². The van der Waals surface area contributed by atoms with Crippen molar-refractivity contribution in [2.75, 3.05) is 0 Å². The van der Waals surface area contributed by atoms with Crippen molar-refractivity contribution in [2.24, 2.45) is 12.0 Å². The van der Waals surface area contributed by atoms with E-state index in [9.17, 15) is 32.3 Å². The van der Waals surface area contributed by atoms with E-state index in [1.807, 2.05) is 0 Å². The number of halogens is 5. The summed E-state index contributed by atoms with van der Waals surface area (Å²) in [4.78, 5) is 27.8. The van der Waals surface area contributed by atoms with Gasteiger partial charge in [-0.15, -0.1) is 4.99 Å². The van der Waals surface area contributed by atoms with E-state index in [1.54, 1.807) is 27.8 Å². The van der Waals surface area contributed by atoms with E-state index in [0.29, 0.717) is 0 Å². The molecular weight excluding hydrogens is 489 g/mol. The summed E-state index contributed by atoms with van der Waals surface area (Å²) in [6, 6.07) is 3.69. The van der Waals surface area contributed by atoms with Crippen LogP contribution in [0.25, 0.3) is 11.1 Å². The second kappa shape index (κ2) is 9.59. The second-order valence-electron chi connectivity index (χ2n) is 8.93. The van der Waals surface area contributed by atoms with Gasteiger partial charge in [-0.05, 0) is 56.2 Å². The molecule has 0 aliphatic carbocycles. The Kier molecular flexibility index (Phi) is 7.10. The summed E-state index contributed by atoms with van der Waals surface area (Å²) in [6.45, 7) is 4.77. The molecule has 12 heteroatoms. The number of carboxylic acids is 1. The number of carbonyl (C=O) groups excluding carboxylic acids is 1. The molecule has 1 heterocycles. The van der Waals surface area contributed by atoms with E-state index < -0.39 is 57.7 Å². The van der Waals surface area contributed by atoms with Gasteiger partial charge >= 0.3 is 18.2 Å². The Balaban J connectivity index is 2.17. The van der Waals surface area contributed by atoms with Gasteiger partial charge in [0.15, 0.2) is 0 Å². The number of benzene rings is 2. The Labute approximate surface area is 202 Å². The molecule has 2 aromatic carbocycles. The number of carbonyl (C=O) groups is 2. The molecule has 0 atom stereocenters. The maximum absolute atomic E-state index is 15.1. The van der Waals surface area contributed by atoms with Crippen LogP contribution in [-0.4, -0.2) is 31.9 Å². The number of aryl methyl sites for hydroxylation is 1. The Bertz CT molecular complexity index is 1400. The zero-order chi connectivity index (χ0) is 27.0. The summed E-state index contributed by atoms with van der Waals surface area (Å²) in [5.74, 6) is -4.29. The number of aromatic carboxylic acids is 1. The fourth-order valence-corrected chi connectivity index (χ4v) is 3.46. The quantitative estimate of drug-likeness (QED) is 0.477. The number of rotatable bonds is 4.